The van der Waals surface area contributed by atoms with Crippen LogP contribution in [0.3, 0.4) is 0 Å². The van der Waals surface area contributed by atoms with Crippen molar-refractivity contribution in [2.75, 3.05) is 23.8 Å². The number of nitrogen functional groups attached to an aromatic ring is 1. The molecular weight excluding hydrogens is 236 g/mol. The summed E-state index contributed by atoms with van der Waals surface area (Å²) in [6.45, 7) is 0.828. The molecule has 0 aromatic carbocycles. The molecule has 1 aromatic heterocycles. The minimum absolute atomic E-state index is 0.0921. The van der Waals surface area contributed by atoms with Crippen molar-refractivity contribution in [1.82, 2.24) is 15.0 Å². The Morgan fingerprint density at radius 1 is 1.47 bits per heavy atom. The van der Waals surface area contributed by atoms with Crippen molar-refractivity contribution in [3.63, 3.8) is 0 Å². The summed E-state index contributed by atoms with van der Waals surface area (Å²) in [7, 11) is 0. The standard InChI is InChI=1S/C11H18N4OS/c12-10-8-15(14-13-10)9-1-4-16-11(7-9)2-5-17-6-3-11/h8-9H,1-7,12H2. The van der Waals surface area contributed by atoms with E-state index in [2.05, 4.69) is 10.3 Å². The van der Waals surface area contributed by atoms with Crippen molar-refractivity contribution in [2.24, 2.45) is 0 Å². The molecule has 0 amide bonds. The second kappa shape index (κ2) is 4.49. The third-order valence-electron chi connectivity index (χ3n) is 3.77. The van der Waals surface area contributed by atoms with Crippen LogP contribution in [-0.4, -0.2) is 38.7 Å². The lowest BCUT2D eigenvalue weighted by molar-refractivity contribution is -0.100. The van der Waals surface area contributed by atoms with Gasteiger partial charge in [-0.15, -0.1) is 5.10 Å². The third-order valence-corrected chi connectivity index (χ3v) is 4.76. The summed E-state index contributed by atoms with van der Waals surface area (Å²) in [4.78, 5) is 0. The molecule has 6 heteroatoms. The van der Waals surface area contributed by atoms with Crippen LogP contribution in [0.25, 0.3) is 0 Å². The zero-order valence-corrected chi connectivity index (χ0v) is 10.7. The molecule has 0 saturated carbocycles. The SMILES string of the molecule is Nc1cn(C2CCOC3(CCSCC3)C2)nn1. The fourth-order valence-corrected chi connectivity index (χ4v) is 4.03. The summed E-state index contributed by atoms with van der Waals surface area (Å²) in [5.74, 6) is 2.93. The first-order valence-corrected chi connectivity index (χ1v) is 7.32. The van der Waals surface area contributed by atoms with Crippen molar-refractivity contribution in [2.45, 2.75) is 37.3 Å². The van der Waals surface area contributed by atoms with Crippen LogP contribution in [0.5, 0.6) is 0 Å². The molecule has 2 fully saturated rings. The summed E-state index contributed by atoms with van der Waals surface area (Å²) in [6.07, 6.45) is 6.23. The van der Waals surface area contributed by atoms with Gasteiger partial charge in [-0.1, -0.05) is 5.21 Å². The fourth-order valence-electron chi connectivity index (χ4n) is 2.79. The molecule has 1 unspecified atom stereocenters. The molecule has 2 N–H and O–H groups in total. The van der Waals surface area contributed by atoms with E-state index in [1.807, 2.05) is 22.6 Å². The molecule has 0 bridgehead atoms. The topological polar surface area (TPSA) is 66.0 Å². The third kappa shape index (κ3) is 2.28. The van der Waals surface area contributed by atoms with Crippen molar-refractivity contribution >= 4 is 17.6 Å². The fraction of sp³-hybridized carbons (Fsp3) is 0.818. The first kappa shape index (κ1) is 11.3. The number of hydrogen-bond donors (Lipinski definition) is 1. The number of hydrogen-bond acceptors (Lipinski definition) is 5. The Balaban J connectivity index is 1.74. The monoisotopic (exact) mass is 254 g/mol. The van der Waals surface area contributed by atoms with E-state index >= 15 is 0 Å². The molecule has 0 aliphatic carbocycles. The van der Waals surface area contributed by atoms with Gasteiger partial charge in [0.25, 0.3) is 0 Å². The van der Waals surface area contributed by atoms with Gasteiger partial charge in [0.1, 0.15) is 0 Å². The lowest BCUT2D eigenvalue weighted by atomic mass is 9.85. The minimum atomic E-state index is 0.0921. The van der Waals surface area contributed by atoms with Crippen LogP contribution >= 0.6 is 11.8 Å². The molecular formula is C11H18N4OS. The zero-order chi connectivity index (χ0) is 11.7. The molecule has 1 aromatic rings. The predicted molar refractivity (Wildman–Crippen MR) is 67.9 cm³/mol. The average molecular weight is 254 g/mol. The van der Waals surface area contributed by atoms with Gasteiger partial charge in [-0.2, -0.15) is 11.8 Å². The van der Waals surface area contributed by atoms with E-state index in [-0.39, 0.29) is 5.60 Å². The van der Waals surface area contributed by atoms with E-state index in [4.69, 9.17) is 10.5 Å². The Bertz CT molecular complexity index is 383. The van der Waals surface area contributed by atoms with Crippen LogP contribution in [-0.2, 0) is 4.74 Å². The van der Waals surface area contributed by atoms with Crippen LogP contribution in [0, 0.1) is 0 Å². The van der Waals surface area contributed by atoms with E-state index in [0.717, 1.165) is 19.4 Å². The van der Waals surface area contributed by atoms with E-state index in [0.29, 0.717) is 11.9 Å². The Morgan fingerprint density at radius 2 is 2.29 bits per heavy atom. The van der Waals surface area contributed by atoms with Crippen LogP contribution in [0.15, 0.2) is 6.20 Å². The molecule has 2 aliphatic heterocycles. The molecule has 1 atom stereocenters. The highest BCUT2D eigenvalue weighted by Gasteiger charge is 2.39. The molecule has 2 aliphatic rings. The predicted octanol–water partition coefficient (Wildman–Crippen LogP) is 1.48. The molecule has 2 saturated heterocycles. The van der Waals surface area contributed by atoms with Crippen molar-refractivity contribution in [3.8, 4) is 0 Å². The number of thioether (sulfide) groups is 1. The summed E-state index contributed by atoms with van der Waals surface area (Å²) in [5, 5.41) is 7.97. The Labute approximate surface area is 105 Å². The highest BCUT2D eigenvalue weighted by molar-refractivity contribution is 7.99. The lowest BCUT2D eigenvalue weighted by Gasteiger charge is -2.43. The largest absolute Gasteiger partial charge is 0.381 e. The summed E-state index contributed by atoms with van der Waals surface area (Å²) >= 11 is 2.03. The van der Waals surface area contributed by atoms with Crippen LogP contribution in [0.1, 0.15) is 31.7 Å². The molecule has 1 spiro atoms. The van der Waals surface area contributed by atoms with E-state index < -0.39 is 0 Å². The van der Waals surface area contributed by atoms with Crippen molar-refractivity contribution in [3.05, 3.63) is 6.20 Å². The molecule has 94 valence electrons. The molecule has 3 heterocycles. The van der Waals surface area contributed by atoms with E-state index in [1.165, 1.54) is 24.3 Å². The quantitative estimate of drug-likeness (QED) is 0.822. The molecule has 3 rings (SSSR count). The number of ether oxygens (including phenoxy) is 1. The van der Waals surface area contributed by atoms with Crippen molar-refractivity contribution in [1.29, 1.82) is 0 Å². The summed E-state index contributed by atoms with van der Waals surface area (Å²) in [5.41, 5.74) is 5.72. The Morgan fingerprint density at radius 3 is 3.00 bits per heavy atom. The number of aromatic nitrogens is 3. The van der Waals surface area contributed by atoms with Gasteiger partial charge < -0.3 is 10.5 Å². The van der Waals surface area contributed by atoms with Gasteiger partial charge >= 0.3 is 0 Å². The maximum Gasteiger partial charge on any atom is 0.165 e. The number of anilines is 1. The van der Waals surface area contributed by atoms with E-state index in [9.17, 15) is 0 Å². The zero-order valence-electron chi connectivity index (χ0n) is 9.84. The van der Waals surface area contributed by atoms with Gasteiger partial charge in [0.2, 0.25) is 0 Å². The maximum absolute atomic E-state index is 6.06. The highest BCUT2D eigenvalue weighted by atomic mass is 32.2. The van der Waals surface area contributed by atoms with Crippen LogP contribution in [0.4, 0.5) is 5.82 Å². The first-order valence-electron chi connectivity index (χ1n) is 6.16. The van der Waals surface area contributed by atoms with Gasteiger partial charge in [0.15, 0.2) is 5.82 Å². The van der Waals surface area contributed by atoms with Crippen LogP contribution in [0.2, 0.25) is 0 Å². The minimum Gasteiger partial charge on any atom is -0.381 e. The van der Waals surface area contributed by atoms with Gasteiger partial charge in [0.05, 0.1) is 17.8 Å². The lowest BCUT2D eigenvalue weighted by Crippen LogP contribution is -2.43. The van der Waals surface area contributed by atoms with Gasteiger partial charge in [0, 0.05) is 6.61 Å². The normalized spacial score (nSPS) is 28.4. The van der Waals surface area contributed by atoms with Gasteiger partial charge in [-0.05, 0) is 37.2 Å². The second-order valence-electron chi connectivity index (χ2n) is 4.91. The number of rotatable bonds is 1. The second-order valence-corrected chi connectivity index (χ2v) is 6.14. The van der Waals surface area contributed by atoms with E-state index in [1.54, 1.807) is 0 Å². The number of nitrogens with zero attached hydrogens (tertiary/aromatic N) is 3. The smallest absolute Gasteiger partial charge is 0.165 e. The summed E-state index contributed by atoms with van der Waals surface area (Å²) < 4.78 is 7.98. The molecule has 0 radical (unpaired) electrons. The highest BCUT2D eigenvalue weighted by Crippen LogP contribution is 2.41. The Hall–Kier alpha value is -0.750. The Kier molecular flexibility index (Phi) is 3.00. The van der Waals surface area contributed by atoms with Gasteiger partial charge in [-0.3, -0.25) is 0 Å². The molecule has 17 heavy (non-hydrogen) atoms. The van der Waals surface area contributed by atoms with Gasteiger partial charge in [-0.25, -0.2) is 4.68 Å². The van der Waals surface area contributed by atoms with Crippen LogP contribution < -0.4 is 5.73 Å². The first-order chi connectivity index (χ1) is 8.27. The number of nitrogens with two attached hydrogens (primary N) is 1. The van der Waals surface area contributed by atoms with Crippen molar-refractivity contribution < 1.29 is 4.74 Å². The average Bonchev–Trinajstić information content (AvgIpc) is 2.77. The summed E-state index contributed by atoms with van der Waals surface area (Å²) in [6, 6.07) is 0.400. The maximum atomic E-state index is 6.06. The molecule has 5 nitrogen and oxygen atoms in total.